The highest BCUT2D eigenvalue weighted by Crippen LogP contribution is 2.45. The number of hydrogen-bond donors (Lipinski definition) is 1. The average molecular weight is 404 g/mol. The van der Waals surface area contributed by atoms with Crippen LogP contribution in [0.15, 0.2) is 46.9 Å². The van der Waals surface area contributed by atoms with E-state index in [1.165, 1.54) is 5.06 Å². The lowest BCUT2D eigenvalue weighted by atomic mass is 10.0. The summed E-state index contributed by atoms with van der Waals surface area (Å²) >= 11 is 8.94. The molecule has 1 amide bonds. The highest BCUT2D eigenvalue weighted by atomic mass is 79.9. The van der Waals surface area contributed by atoms with Crippen molar-refractivity contribution < 1.29 is 9.63 Å². The maximum Gasteiger partial charge on any atom is 0.287 e. The van der Waals surface area contributed by atoms with Gasteiger partial charge in [-0.05, 0) is 59.3 Å². The van der Waals surface area contributed by atoms with E-state index in [0.29, 0.717) is 5.11 Å². The lowest BCUT2D eigenvalue weighted by Gasteiger charge is -2.22. The minimum atomic E-state index is -1.32. The minimum Gasteiger partial charge on any atom is -0.319 e. The normalized spacial score (nSPS) is 22.3. The van der Waals surface area contributed by atoms with Crippen LogP contribution in [0.5, 0.6) is 0 Å². The fourth-order valence-corrected chi connectivity index (χ4v) is 3.80. The molecule has 1 atom stereocenters. The first-order valence-electron chi connectivity index (χ1n) is 7.39. The fourth-order valence-electron chi connectivity index (χ4n) is 3.07. The number of benzene rings is 2. The van der Waals surface area contributed by atoms with Gasteiger partial charge in [0.15, 0.2) is 0 Å². The second kappa shape index (κ2) is 5.27. The van der Waals surface area contributed by atoms with Crippen molar-refractivity contribution >= 4 is 50.5 Å². The molecule has 2 aliphatic heterocycles. The second-order valence-corrected chi connectivity index (χ2v) is 7.07. The SMILES string of the molecule is Cc1ccc2c(c1)C1(NC(=S)N(c3ccccc3Br)O1)C(=O)N2C. The quantitative estimate of drug-likeness (QED) is 0.740. The maximum absolute atomic E-state index is 12.9. The number of carbonyl (C=O) groups is 1. The number of para-hydroxylation sites is 1. The fraction of sp³-hybridized carbons (Fsp3) is 0.176. The van der Waals surface area contributed by atoms with E-state index in [-0.39, 0.29) is 5.91 Å². The monoisotopic (exact) mass is 403 g/mol. The summed E-state index contributed by atoms with van der Waals surface area (Å²) in [4.78, 5) is 20.6. The van der Waals surface area contributed by atoms with Crippen molar-refractivity contribution in [3.8, 4) is 0 Å². The van der Waals surface area contributed by atoms with Gasteiger partial charge in [-0.25, -0.2) is 4.84 Å². The van der Waals surface area contributed by atoms with Crippen LogP contribution < -0.4 is 15.3 Å². The van der Waals surface area contributed by atoms with E-state index < -0.39 is 5.72 Å². The molecule has 0 saturated carbocycles. The summed E-state index contributed by atoms with van der Waals surface area (Å²) in [6.07, 6.45) is 0. The van der Waals surface area contributed by atoms with Crippen LogP contribution in [0.3, 0.4) is 0 Å². The topological polar surface area (TPSA) is 44.8 Å². The smallest absolute Gasteiger partial charge is 0.287 e. The predicted molar refractivity (Wildman–Crippen MR) is 99.7 cm³/mol. The minimum absolute atomic E-state index is 0.194. The molecule has 0 aliphatic carbocycles. The van der Waals surface area contributed by atoms with Crippen molar-refractivity contribution in [2.24, 2.45) is 0 Å². The van der Waals surface area contributed by atoms with Gasteiger partial charge in [-0.3, -0.25) is 4.79 Å². The molecule has 0 radical (unpaired) electrons. The summed E-state index contributed by atoms with van der Waals surface area (Å²) in [6.45, 7) is 1.98. The number of amides is 1. The van der Waals surface area contributed by atoms with Crippen molar-refractivity contribution in [1.29, 1.82) is 0 Å². The molecule has 1 fully saturated rings. The standard InChI is InChI=1S/C17H14BrN3O2S/c1-10-7-8-13-11(9-10)17(15(22)20(13)2)19-16(24)21(23-17)14-6-4-3-5-12(14)18/h3-9H,1-2H3,(H,19,24). The van der Waals surface area contributed by atoms with Gasteiger partial charge in [-0.15, -0.1) is 0 Å². The van der Waals surface area contributed by atoms with Crippen molar-refractivity contribution in [3.05, 3.63) is 58.1 Å². The van der Waals surface area contributed by atoms with Crippen LogP contribution in [0.4, 0.5) is 11.4 Å². The molecule has 4 rings (SSSR count). The maximum atomic E-state index is 12.9. The molecule has 2 aromatic rings. The summed E-state index contributed by atoms with van der Waals surface area (Å²) in [5.41, 5.74) is 2.06. The van der Waals surface area contributed by atoms with Gasteiger partial charge in [-0.2, -0.15) is 5.06 Å². The molecule has 122 valence electrons. The lowest BCUT2D eigenvalue weighted by molar-refractivity contribution is -0.141. The Morgan fingerprint density at radius 2 is 1.96 bits per heavy atom. The molecule has 2 aromatic carbocycles. The van der Waals surface area contributed by atoms with Crippen molar-refractivity contribution in [3.63, 3.8) is 0 Å². The van der Waals surface area contributed by atoms with Crippen LogP contribution in [0.1, 0.15) is 11.1 Å². The molecular formula is C17H14BrN3O2S. The Bertz CT molecular complexity index is 888. The zero-order valence-electron chi connectivity index (χ0n) is 13.0. The van der Waals surface area contributed by atoms with Crippen LogP contribution >= 0.6 is 28.1 Å². The first-order chi connectivity index (χ1) is 11.4. The number of likely N-dealkylation sites (N-methyl/N-ethyl adjacent to an activating group) is 1. The Hall–Kier alpha value is -1.96. The third-order valence-corrected chi connectivity index (χ3v) is 5.20. The van der Waals surface area contributed by atoms with Gasteiger partial charge in [0.2, 0.25) is 5.11 Å². The highest BCUT2D eigenvalue weighted by molar-refractivity contribution is 9.10. The molecule has 5 nitrogen and oxygen atoms in total. The average Bonchev–Trinajstić information content (AvgIpc) is 3.00. The third-order valence-electron chi connectivity index (χ3n) is 4.27. The van der Waals surface area contributed by atoms with E-state index in [9.17, 15) is 4.79 Å². The van der Waals surface area contributed by atoms with Gasteiger partial charge in [0.05, 0.1) is 11.4 Å². The Morgan fingerprint density at radius 1 is 1.21 bits per heavy atom. The number of aryl methyl sites for hydroxylation is 1. The van der Waals surface area contributed by atoms with Gasteiger partial charge in [0.25, 0.3) is 11.6 Å². The van der Waals surface area contributed by atoms with E-state index in [0.717, 1.165) is 27.0 Å². The van der Waals surface area contributed by atoms with Crippen molar-refractivity contribution in [2.75, 3.05) is 17.0 Å². The Labute approximate surface area is 153 Å². The van der Waals surface area contributed by atoms with E-state index in [4.69, 9.17) is 17.1 Å². The van der Waals surface area contributed by atoms with E-state index in [1.807, 2.05) is 49.4 Å². The molecule has 1 spiro atoms. The number of halogens is 1. The van der Waals surface area contributed by atoms with Gasteiger partial charge in [0, 0.05) is 17.1 Å². The number of hydrogen-bond acceptors (Lipinski definition) is 3. The summed E-state index contributed by atoms with van der Waals surface area (Å²) in [5, 5.41) is 4.93. The zero-order chi connectivity index (χ0) is 17.1. The summed E-state index contributed by atoms with van der Waals surface area (Å²) in [7, 11) is 1.74. The van der Waals surface area contributed by atoms with Crippen LogP contribution in [0, 0.1) is 6.92 Å². The number of fused-ring (bicyclic) bond motifs is 2. The van der Waals surface area contributed by atoms with E-state index in [2.05, 4.69) is 21.2 Å². The molecule has 24 heavy (non-hydrogen) atoms. The Kier molecular flexibility index (Phi) is 3.42. The van der Waals surface area contributed by atoms with Crippen LogP contribution in [-0.2, 0) is 15.4 Å². The highest BCUT2D eigenvalue weighted by Gasteiger charge is 2.58. The van der Waals surface area contributed by atoms with E-state index in [1.54, 1.807) is 11.9 Å². The van der Waals surface area contributed by atoms with Crippen LogP contribution in [0.25, 0.3) is 0 Å². The van der Waals surface area contributed by atoms with Gasteiger partial charge in [0.1, 0.15) is 0 Å². The second-order valence-electron chi connectivity index (χ2n) is 5.83. The molecule has 2 heterocycles. The molecule has 0 aromatic heterocycles. The molecule has 7 heteroatoms. The molecular weight excluding hydrogens is 390 g/mol. The van der Waals surface area contributed by atoms with Crippen molar-refractivity contribution in [1.82, 2.24) is 5.32 Å². The number of nitrogens with zero attached hydrogens (tertiary/aromatic N) is 2. The first kappa shape index (κ1) is 15.6. The summed E-state index contributed by atoms with van der Waals surface area (Å²) < 4.78 is 0.828. The van der Waals surface area contributed by atoms with Gasteiger partial charge < -0.3 is 10.2 Å². The predicted octanol–water partition coefficient (Wildman–Crippen LogP) is 3.21. The number of nitrogens with one attached hydrogen (secondary N) is 1. The van der Waals surface area contributed by atoms with Crippen molar-refractivity contribution in [2.45, 2.75) is 12.6 Å². The van der Waals surface area contributed by atoms with Crippen LogP contribution in [-0.4, -0.2) is 18.1 Å². The molecule has 1 unspecified atom stereocenters. The van der Waals surface area contributed by atoms with E-state index >= 15 is 0 Å². The number of anilines is 2. The molecule has 2 aliphatic rings. The summed E-state index contributed by atoms with van der Waals surface area (Å²) in [6, 6.07) is 13.4. The number of hydroxylamine groups is 1. The van der Waals surface area contributed by atoms with Gasteiger partial charge in [-0.1, -0.05) is 23.8 Å². The molecule has 1 saturated heterocycles. The number of rotatable bonds is 1. The molecule has 0 bridgehead atoms. The van der Waals surface area contributed by atoms with Gasteiger partial charge >= 0.3 is 0 Å². The Morgan fingerprint density at radius 3 is 2.71 bits per heavy atom. The largest absolute Gasteiger partial charge is 0.319 e. The summed E-state index contributed by atoms with van der Waals surface area (Å²) in [5.74, 6) is -0.194. The zero-order valence-corrected chi connectivity index (χ0v) is 15.4. The Balaban J connectivity index is 1.84. The third kappa shape index (κ3) is 2.02. The number of thiocarbonyl (C=S) groups is 1. The number of carbonyl (C=O) groups excluding carboxylic acids is 1. The van der Waals surface area contributed by atoms with Crippen LogP contribution in [0.2, 0.25) is 0 Å². The molecule has 1 N–H and O–H groups in total. The lowest BCUT2D eigenvalue weighted by Crippen LogP contribution is -2.47. The first-order valence-corrected chi connectivity index (χ1v) is 8.59.